The molecule has 2 fully saturated rings. The topological polar surface area (TPSA) is 116 Å². The summed E-state index contributed by atoms with van der Waals surface area (Å²) in [6.45, 7) is 2.22. The quantitative estimate of drug-likeness (QED) is 0.230. The van der Waals surface area contributed by atoms with E-state index in [1.165, 1.54) is 6.07 Å². The van der Waals surface area contributed by atoms with Crippen LogP contribution in [-0.2, 0) is 22.2 Å². The second-order valence-electron chi connectivity index (χ2n) is 10.8. The first-order valence-electron chi connectivity index (χ1n) is 13.1. The van der Waals surface area contributed by atoms with Gasteiger partial charge in [0.25, 0.3) is 0 Å². The summed E-state index contributed by atoms with van der Waals surface area (Å²) >= 11 is 13.2. The van der Waals surface area contributed by atoms with Crippen LogP contribution in [0.5, 0.6) is 5.75 Å². The minimum atomic E-state index is -3.80. The molecule has 40 heavy (non-hydrogen) atoms. The van der Waals surface area contributed by atoms with Gasteiger partial charge in [0.2, 0.25) is 10.0 Å². The minimum Gasteiger partial charge on any atom is -0.489 e. The van der Waals surface area contributed by atoms with E-state index in [4.69, 9.17) is 37.6 Å². The van der Waals surface area contributed by atoms with Crippen LogP contribution in [0, 0.1) is 6.92 Å². The van der Waals surface area contributed by atoms with Crippen LogP contribution in [-0.4, -0.2) is 18.7 Å². The number of aliphatic hydroxyl groups is 1. The molecule has 3 N–H and O–H groups in total. The summed E-state index contributed by atoms with van der Waals surface area (Å²) in [4.78, 5) is 0.0606. The molecule has 7 nitrogen and oxygen atoms in total. The van der Waals surface area contributed by atoms with Crippen LogP contribution >= 0.6 is 23.2 Å². The fraction of sp³-hybridized carbons (Fsp3) is 0.300. The molecular formula is C30H28Cl2N2O5S. The predicted octanol–water partition coefficient (Wildman–Crippen LogP) is 6.83. The van der Waals surface area contributed by atoms with Gasteiger partial charge in [0, 0.05) is 17.0 Å². The van der Waals surface area contributed by atoms with Crippen molar-refractivity contribution < 1.29 is 22.8 Å². The van der Waals surface area contributed by atoms with Crippen molar-refractivity contribution in [1.29, 1.82) is 0 Å². The van der Waals surface area contributed by atoms with Gasteiger partial charge in [0.1, 0.15) is 23.8 Å². The Morgan fingerprint density at radius 2 is 1.80 bits per heavy atom. The second kappa shape index (κ2) is 10.2. The fourth-order valence-electron chi connectivity index (χ4n) is 5.53. The van der Waals surface area contributed by atoms with E-state index in [0.717, 1.165) is 40.9 Å². The molecule has 1 aromatic heterocycles. The Kier molecular flexibility index (Phi) is 6.95. The number of aromatic nitrogens is 1. The summed E-state index contributed by atoms with van der Waals surface area (Å²) in [6, 6.07) is 17.5. The van der Waals surface area contributed by atoms with Gasteiger partial charge in [-0.15, -0.1) is 0 Å². The number of halogens is 2. The standard InChI is InChI=1S/C30H28Cl2N2O5S/c1-17-4-2-7-25(31)27(17)28-23(29(39-34-28)18-8-9-18)16-38-21-10-11-24(26(32)13-21)30(35)14-20(15-30)19-5-3-6-22(12-19)40(33,36)37/h2-7,10-13,18,20,35H,8-9,14-16H2,1H3,(H2,33,36,37)/t20-,30-. The van der Waals surface area contributed by atoms with E-state index in [9.17, 15) is 13.5 Å². The molecule has 3 aromatic carbocycles. The Balaban J connectivity index is 1.19. The molecule has 0 atom stereocenters. The van der Waals surface area contributed by atoms with E-state index >= 15 is 0 Å². The third kappa shape index (κ3) is 5.15. The molecule has 1 heterocycles. The molecule has 4 aromatic rings. The molecule has 0 radical (unpaired) electrons. The summed E-state index contributed by atoms with van der Waals surface area (Å²) in [7, 11) is -3.80. The fourth-order valence-corrected chi connectivity index (χ4v) is 6.76. The highest BCUT2D eigenvalue weighted by Gasteiger charge is 2.46. The first kappa shape index (κ1) is 27.3. The lowest BCUT2D eigenvalue weighted by atomic mass is 9.65. The number of rotatable bonds is 8. The van der Waals surface area contributed by atoms with E-state index in [0.29, 0.717) is 45.8 Å². The number of sulfonamides is 1. The van der Waals surface area contributed by atoms with Crippen molar-refractivity contribution in [3.8, 4) is 17.0 Å². The minimum absolute atomic E-state index is 0.0141. The van der Waals surface area contributed by atoms with Crippen LogP contribution in [0.2, 0.25) is 10.0 Å². The lowest BCUT2D eigenvalue weighted by molar-refractivity contribution is -0.0549. The SMILES string of the molecule is Cc1cccc(Cl)c1-c1noc(C2CC2)c1COc1ccc([C@]2(O)C[C@H](c3cccc(S(N)(=O)=O)c3)C2)c(Cl)c1. The van der Waals surface area contributed by atoms with Gasteiger partial charge in [-0.3, -0.25) is 0 Å². The molecule has 10 heteroatoms. The van der Waals surface area contributed by atoms with Crippen molar-refractivity contribution in [2.75, 3.05) is 0 Å². The van der Waals surface area contributed by atoms with Crippen molar-refractivity contribution in [3.05, 3.63) is 98.7 Å². The molecule has 2 saturated carbocycles. The molecule has 2 aliphatic rings. The van der Waals surface area contributed by atoms with E-state index in [-0.39, 0.29) is 17.4 Å². The predicted molar refractivity (Wildman–Crippen MR) is 153 cm³/mol. The van der Waals surface area contributed by atoms with Gasteiger partial charge in [-0.1, -0.05) is 58.7 Å². The van der Waals surface area contributed by atoms with Gasteiger partial charge < -0.3 is 14.4 Å². The Labute approximate surface area is 242 Å². The Bertz CT molecular complexity index is 1690. The van der Waals surface area contributed by atoms with Crippen LogP contribution in [0.4, 0.5) is 0 Å². The van der Waals surface area contributed by atoms with E-state index < -0.39 is 15.6 Å². The van der Waals surface area contributed by atoms with Crippen molar-refractivity contribution in [1.82, 2.24) is 5.16 Å². The third-order valence-electron chi connectivity index (χ3n) is 7.88. The highest BCUT2D eigenvalue weighted by molar-refractivity contribution is 7.89. The maximum atomic E-state index is 11.7. The highest BCUT2D eigenvalue weighted by Crippen LogP contribution is 2.53. The zero-order valence-corrected chi connectivity index (χ0v) is 24.1. The zero-order chi connectivity index (χ0) is 28.2. The normalized spacial score (nSPS) is 20.8. The number of benzene rings is 3. The molecular weight excluding hydrogens is 571 g/mol. The zero-order valence-electron chi connectivity index (χ0n) is 21.7. The first-order chi connectivity index (χ1) is 19.0. The monoisotopic (exact) mass is 598 g/mol. The van der Waals surface area contributed by atoms with Gasteiger partial charge >= 0.3 is 0 Å². The average Bonchev–Trinajstić information content (AvgIpc) is 3.65. The summed E-state index contributed by atoms with van der Waals surface area (Å²) in [5.74, 6) is 1.71. The van der Waals surface area contributed by atoms with E-state index in [1.54, 1.807) is 30.3 Å². The van der Waals surface area contributed by atoms with Gasteiger partial charge in [-0.2, -0.15) is 0 Å². The van der Waals surface area contributed by atoms with Crippen LogP contribution in [0.3, 0.4) is 0 Å². The lowest BCUT2D eigenvalue weighted by Crippen LogP contribution is -2.40. The second-order valence-corrected chi connectivity index (χ2v) is 13.1. The largest absolute Gasteiger partial charge is 0.489 e. The van der Waals surface area contributed by atoms with Crippen LogP contribution in [0.1, 0.15) is 65.5 Å². The van der Waals surface area contributed by atoms with Crippen molar-refractivity contribution in [2.45, 2.75) is 61.5 Å². The van der Waals surface area contributed by atoms with Crippen molar-refractivity contribution >= 4 is 33.2 Å². The number of nitrogens with zero attached hydrogens (tertiary/aromatic N) is 1. The molecule has 0 bridgehead atoms. The van der Waals surface area contributed by atoms with Crippen molar-refractivity contribution in [3.63, 3.8) is 0 Å². The van der Waals surface area contributed by atoms with E-state index in [1.807, 2.05) is 31.2 Å². The third-order valence-corrected chi connectivity index (χ3v) is 9.42. The van der Waals surface area contributed by atoms with Gasteiger partial charge in [0.05, 0.1) is 26.1 Å². The molecule has 0 aliphatic heterocycles. The number of aryl methyl sites for hydroxylation is 1. The summed E-state index contributed by atoms with van der Waals surface area (Å²) in [6.07, 6.45) is 2.92. The smallest absolute Gasteiger partial charge is 0.238 e. The van der Waals surface area contributed by atoms with Gasteiger partial charge in [-0.05, 0) is 80.0 Å². The summed E-state index contributed by atoms with van der Waals surface area (Å²) in [5, 5.41) is 22.0. The maximum absolute atomic E-state index is 11.7. The number of hydrogen-bond acceptors (Lipinski definition) is 6. The van der Waals surface area contributed by atoms with Crippen LogP contribution in [0.25, 0.3) is 11.3 Å². The average molecular weight is 600 g/mol. The van der Waals surface area contributed by atoms with E-state index in [2.05, 4.69) is 5.16 Å². The molecule has 2 aliphatic carbocycles. The molecule has 208 valence electrons. The number of primary sulfonamides is 1. The lowest BCUT2D eigenvalue weighted by Gasteiger charge is -2.44. The maximum Gasteiger partial charge on any atom is 0.238 e. The Morgan fingerprint density at radius 3 is 2.48 bits per heavy atom. The van der Waals surface area contributed by atoms with Gasteiger partial charge in [-0.25, -0.2) is 13.6 Å². The first-order valence-corrected chi connectivity index (χ1v) is 15.4. The van der Waals surface area contributed by atoms with Crippen LogP contribution < -0.4 is 9.88 Å². The highest BCUT2D eigenvalue weighted by atomic mass is 35.5. The number of ether oxygens (including phenoxy) is 1. The number of nitrogens with two attached hydrogens (primary N) is 1. The summed E-state index contributed by atoms with van der Waals surface area (Å²) in [5.41, 5.74) is 3.70. The molecule has 0 amide bonds. The van der Waals surface area contributed by atoms with Crippen LogP contribution in [0.15, 0.2) is 70.1 Å². The molecule has 0 spiro atoms. The molecule has 6 rings (SSSR count). The number of hydrogen-bond donors (Lipinski definition) is 2. The van der Waals surface area contributed by atoms with Crippen molar-refractivity contribution in [2.24, 2.45) is 5.14 Å². The van der Waals surface area contributed by atoms with Gasteiger partial charge in [0.15, 0.2) is 0 Å². The Morgan fingerprint density at radius 1 is 1.05 bits per heavy atom. The summed E-state index contributed by atoms with van der Waals surface area (Å²) < 4.78 is 35.4. The molecule has 0 saturated heterocycles. The molecule has 0 unspecified atom stereocenters. The Hall–Kier alpha value is -2.88.